The fraction of sp³-hybridized carbons (Fsp3) is 0.923. The van der Waals surface area contributed by atoms with Crippen LogP contribution in [0.2, 0.25) is 0 Å². The van der Waals surface area contributed by atoms with Crippen LogP contribution in [-0.2, 0) is 4.79 Å². The monoisotopic (exact) mass is 237 g/mol. The molecule has 0 radical (unpaired) electrons. The zero-order valence-electron chi connectivity index (χ0n) is 10.6. The van der Waals surface area contributed by atoms with E-state index >= 15 is 0 Å². The molecule has 2 N–H and O–H groups in total. The van der Waals surface area contributed by atoms with Gasteiger partial charge in [0.25, 0.3) is 0 Å². The van der Waals surface area contributed by atoms with Gasteiger partial charge in [-0.1, -0.05) is 6.42 Å². The van der Waals surface area contributed by atoms with E-state index < -0.39 is 0 Å². The summed E-state index contributed by atoms with van der Waals surface area (Å²) in [5, 5.41) is 0. The lowest BCUT2D eigenvalue weighted by atomic mass is 10.1. The molecule has 3 aliphatic rings. The first kappa shape index (κ1) is 11.5. The summed E-state index contributed by atoms with van der Waals surface area (Å²) < 4.78 is 0. The van der Waals surface area contributed by atoms with Crippen LogP contribution in [0.1, 0.15) is 19.3 Å². The second-order valence-electron chi connectivity index (χ2n) is 5.97. The van der Waals surface area contributed by atoms with Crippen LogP contribution in [0.3, 0.4) is 0 Å². The molecule has 4 heteroatoms. The van der Waals surface area contributed by atoms with Crippen molar-refractivity contribution in [2.45, 2.75) is 25.3 Å². The molecule has 1 amide bonds. The minimum absolute atomic E-state index is 0.238. The number of amides is 1. The SMILES string of the molecule is CN1CCN(C(=O)C2C3CCCC32)C(CN)C1. The number of likely N-dealkylation sites (N-methyl/N-ethyl adjacent to an activating group) is 1. The van der Waals surface area contributed by atoms with E-state index in [1.54, 1.807) is 0 Å². The maximum Gasteiger partial charge on any atom is 0.226 e. The van der Waals surface area contributed by atoms with Gasteiger partial charge in [-0.05, 0) is 31.7 Å². The molecule has 2 saturated carbocycles. The largest absolute Gasteiger partial charge is 0.336 e. The molecule has 0 bridgehead atoms. The normalized spacial score (nSPS) is 41.4. The second-order valence-corrected chi connectivity index (χ2v) is 5.97. The lowest BCUT2D eigenvalue weighted by Gasteiger charge is -2.40. The zero-order valence-corrected chi connectivity index (χ0v) is 10.6. The molecular weight excluding hydrogens is 214 g/mol. The first-order valence-electron chi connectivity index (χ1n) is 6.91. The molecular formula is C13H23N3O. The first-order valence-corrected chi connectivity index (χ1v) is 6.91. The van der Waals surface area contributed by atoms with Crippen LogP contribution in [-0.4, -0.2) is 55.0 Å². The van der Waals surface area contributed by atoms with Crippen molar-refractivity contribution in [1.29, 1.82) is 0 Å². The van der Waals surface area contributed by atoms with Crippen LogP contribution in [0, 0.1) is 17.8 Å². The number of carbonyl (C=O) groups is 1. The number of nitrogens with zero attached hydrogens (tertiary/aromatic N) is 2. The highest BCUT2D eigenvalue weighted by molar-refractivity contribution is 5.83. The number of rotatable bonds is 2. The molecule has 1 saturated heterocycles. The highest BCUT2D eigenvalue weighted by atomic mass is 16.2. The van der Waals surface area contributed by atoms with Crippen molar-refractivity contribution in [3.05, 3.63) is 0 Å². The van der Waals surface area contributed by atoms with Gasteiger partial charge in [0, 0.05) is 32.1 Å². The number of hydrogen-bond acceptors (Lipinski definition) is 3. The summed E-state index contributed by atoms with van der Waals surface area (Å²) in [6.07, 6.45) is 3.90. The second kappa shape index (κ2) is 4.25. The van der Waals surface area contributed by atoms with Crippen LogP contribution in [0.4, 0.5) is 0 Å². The van der Waals surface area contributed by atoms with Gasteiger partial charge in [-0.25, -0.2) is 0 Å². The van der Waals surface area contributed by atoms with E-state index in [4.69, 9.17) is 5.73 Å². The van der Waals surface area contributed by atoms with E-state index in [2.05, 4.69) is 16.8 Å². The average Bonchev–Trinajstić information content (AvgIpc) is 2.81. The Morgan fingerprint density at radius 1 is 1.29 bits per heavy atom. The summed E-state index contributed by atoms with van der Waals surface area (Å²) in [5.41, 5.74) is 5.81. The van der Waals surface area contributed by atoms with E-state index in [0.717, 1.165) is 31.5 Å². The van der Waals surface area contributed by atoms with Crippen molar-refractivity contribution in [1.82, 2.24) is 9.80 Å². The summed E-state index contributed by atoms with van der Waals surface area (Å²) in [5.74, 6) is 2.21. The highest BCUT2D eigenvalue weighted by Crippen LogP contribution is 2.58. The minimum Gasteiger partial charge on any atom is -0.336 e. The van der Waals surface area contributed by atoms with Gasteiger partial charge in [-0.3, -0.25) is 4.79 Å². The predicted molar refractivity (Wildman–Crippen MR) is 66.4 cm³/mol. The van der Waals surface area contributed by atoms with Crippen molar-refractivity contribution < 1.29 is 4.79 Å². The Hall–Kier alpha value is -0.610. The third-order valence-electron chi connectivity index (χ3n) is 4.93. The lowest BCUT2D eigenvalue weighted by molar-refractivity contribution is -0.137. The van der Waals surface area contributed by atoms with Gasteiger partial charge in [0.15, 0.2) is 0 Å². The van der Waals surface area contributed by atoms with Crippen molar-refractivity contribution in [3.8, 4) is 0 Å². The fourth-order valence-electron chi connectivity index (χ4n) is 3.88. The molecule has 1 aliphatic heterocycles. The van der Waals surface area contributed by atoms with Crippen molar-refractivity contribution in [2.24, 2.45) is 23.5 Å². The molecule has 0 spiro atoms. The quantitative estimate of drug-likeness (QED) is 0.743. The number of piperazine rings is 1. The highest BCUT2D eigenvalue weighted by Gasteiger charge is 2.58. The Morgan fingerprint density at radius 3 is 2.65 bits per heavy atom. The molecule has 3 rings (SSSR count). The number of hydrogen-bond donors (Lipinski definition) is 1. The standard InChI is InChI=1S/C13H23N3O/c1-15-5-6-16(9(7-14)8-15)13(17)12-10-3-2-4-11(10)12/h9-12H,2-8,14H2,1H3. The van der Waals surface area contributed by atoms with Gasteiger partial charge in [0.2, 0.25) is 5.91 Å². The lowest BCUT2D eigenvalue weighted by Crippen LogP contribution is -2.57. The van der Waals surface area contributed by atoms with Crippen LogP contribution in [0.15, 0.2) is 0 Å². The van der Waals surface area contributed by atoms with E-state index in [1.807, 2.05) is 0 Å². The molecule has 96 valence electrons. The van der Waals surface area contributed by atoms with Gasteiger partial charge in [0.05, 0.1) is 6.04 Å². The fourth-order valence-corrected chi connectivity index (χ4v) is 3.88. The summed E-state index contributed by atoms with van der Waals surface area (Å²) >= 11 is 0. The maximum absolute atomic E-state index is 12.5. The predicted octanol–water partition coefficient (Wildman–Crippen LogP) is 0.134. The minimum atomic E-state index is 0.238. The van der Waals surface area contributed by atoms with Crippen LogP contribution in [0.25, 0.3) is 0 Å². The molecule has 3 atom stereocenters. The topological polar surface area (TPSA) is 49.6 Å². The van der Waals surface area contributed by atoms with Crippen molar-refractivity contribution >= 4 is 5.91 Å². The van der Waals surface area contributed by atoms with Crippen LogP contribution >= 0.6 is 0 Å². The molecule has 3 unspecified atom stereocenters. The number of nitrogens with two attached hydrogens (primary N) is 1. The van der Waals surface area contributed by atoms with Gasteiger partial charge in [-0.15, -0.1) is 0 Å². The molecule has 0 aromatic heterocycles. The maximum atomic E-state index is 12.5. The summed E-state index contributed by atoms with van der Waals surface area (Å²) in [7, 11) is 2.11. The van der Waals surface area contributed by atoms with Crippen LogP contribution < -0.4 is 5.73 Å². The number of fused-ring (bicyclic) bond motifs is 1. The summed E-state index contributed by atoms with van der Waals surface area (Å²) in [4.78, 5) is 16.8. The molecule has 0 aromatic rings. The zero-order chi connectivity index (χ0) is 12.0. The molecule has 17 heavy (non-hydrogen) atoms. The van der Waals surface area contributed by atoms with Gasteiger partial charge in [-0.2, -0.15) is 0 Å². The summed E-state index contributed by atoms with van der Waals surface area (Å²) in [6, 6.07) is 0.238. The Labute approximate surface area is 103 Å². The van der Waals surface area contributed by atoms with Crippen molar-refractivity contribution in [2.75, 3.05) is 33.2 Å². The summed E-state index contributed by atoms with van der Waals surface area (Å²) in [6.45, 7) is 3.39. The number of carbonyl (C=O) groups excluding carboxylic acids is 1. The van der Waals surface area contributed by atoms with E-state index in [9.17, 15) is 4.79 Å². The van der Waals surface area contributed by atoms with Gasteiger partial charge >= 0.3 is 0 Å². The Balaban J connectivity index is 1.65. The van der Waals surface area contributed by atoms with E-state index in [-0.39, 0.29) is 6.04 Å². The van der Waals surface area contributed by atoms with Crippen molar-refractivity contribution in [3.63, 3.8) is 0 Å². The van der Waals surface area contributed by atoms with Gasteiger partial charge < -0.3 is 15.5 Å². The third-order valence-corrected chi connectivity index (χ3v) is 4.93. The van der Waals surface area contributed by atoms with E-state index in [0.29, 0.717) is 18.4 Å². The molecule has 3 fully saturated rings. The van der Waals surface area contributed by atoms with Crippen LogP contribution in [0.5, 0.6) is 0 Å². The Bertz CT molecular complexity index is 310. The smallest absolute Gasteiger partial charge is 0.226 e. The Morgan fingerprint density at radius 2 is 2.00 bits per heavy atom. The first-order chi connectivity index (χ1) is 8.22. The molecule has 1 heterocycles. The average molecular weight is 237 g/mol. The Kier molecular flexibility index (Phi) is 2.87. The van der Waals surface area contributed by atoms with E-state index in [1.165, 1.54) is 19.3 Å². The molecule has 4 nitrogen and oxygen atoms in total. The molecule has 0 aromatic carbocycles. The van der Waals surface area contributed by atoms with Gasteiger partial charge in [0.1, 0.15) is 0 Å². The molecule has 2 aliphatic carbocycles. The third kappa shape index (κ3) is 1.87.